The number of furan rings is 1. The van der Waals surface area contributed by atoms with Crippen LogP contribution in [0.15, 0.2) is 53.2 Å². The summed E-state index contributed by atoms with van der Waals surface area (Å²) in [5.74, 6) is 1.96. The highest BCUT2D eigenvalue weighted by Crippen LogP contribution is 2.23. The topological polar surface area (TPSA) is 52.7 Å². The second-order valence-corrected chi connectivity index (χ2v) is 7.40. The molecule has 1 fully saturated rings. The number of pyridine rings is 1. The van der Waals surface area contributed by atoms with Crippen molar-refractivity contribution in [3.05, 3.63) is 65.9 Å². The lowest BCUT2D eigenvalue weighted by molar-refractivity contribution is 0.0456. The lowest BCUT2D eigenvalue weighted by Gasteiger charge is -2.41. The molecule has 0 aliphatic carbocycles. The molecule has 1 aliphatic heterocycles. The molecule has 1 aromatic carbocycles. The quantitative estimate of drug-likeness (QED) is 0.727. The molecule has 0 unspecified atom stereocenters. The average molecular weight is 365 g/mol. The van der Waals surface area contributed by atoms with Gasteiger partial charge in [-0.25, -0.2) is 0 Å². The van der Waals surface area contributed by atoms with E-state index >= 15 is 0 Å². The van der Waals surface area contributed by atoms with Crippen molar-refractivity contribution in [3.63, 3.8) is 0 Å². The fraction of sp³-hybridized carbons (Fsp3) is 0.409. The van der Waals surface area contributed by atoms with Crippen molar-refractivity contribution >= 4 is 10.8 Å². The van der Waals surface area contributed by atoms with Crippen LogP contribution in [0.1, 0.15) is 23.5 Å². The Morgan fingerprint density at radius 3 is 2.89 bits per heavy atom. The highest BCUT2D eigenvalue weighted by Gasteiger charge is 2.27. The Hall–Kier alpha value is -2.21. The first-order valence-corrected chi connectivity index (χ1v) is 9.67. The fourth-order valence-corrected chi connectivity index (χ4v) is 4.07. The summed E-state index contributed by atoms with van der Waals surface area (Å²) in [5, 5.41) is 12.0. The molecule has 0 bridgehead atoms. The number of nitrogens with zero attached hydrogens (tertiary/aromatic N) is 3. The van der Waals surface area contributed by atoms with E-state index in [9.17, 15) is 5.11 Å². The third-order valence-electron chi connectivity index (χ3n) is 5.47. The molecular weight excluding hydrogens is 338 g/mol. The zero-order valence-electron chi connectivity index (χ0n) is 15.8. The molecule has 142 valence electrons. The fourth-order valence-electron chi connectivity index (χ4n) is 4.07. The van der Waals surface area contributed by atoms with Gasteiger partial charge in [0.05, 0.1) is 6.54 Å². The second kappa shape index (κ2) is 8.21. The number of piperazine rings is 1. The number of aliphatic hydroxyl groups is 1. The van der Waals surface area contributed by atoms with E-state index in [1.54, 1.807) is 0 Å². The van der Waals surface area contributed by atoms with Crippen molar-refractivity contribution in [1.29, 1.82) is 0 Å². The first kappa shape index (κ1) is 18.2. The zero-order chi connectivity index (χ0) is 18.6. The molecule has 27 heavy (non-hydrogen) atoms. The van der Waals surface area contributed by atoms with Gasteiger partial charge in [-0.3, -0.25) is 14.8 Å². The number of aryl methyl sites for hydroxylation is 1. The summed E-state index contributed by atoms with van der Waals surface area (Å²) < 4.78 is 5.76. The van der Waals surface area contributed by atoms with Gasteiger partial charge in [0.15, 0.2) is 0 Å². The van der Waals surface area contributed by atoms with E-state index in [-0.39, 0.29) is 6.61 Å². The van der Waals surface area contributed by atoms with Crippen LogP contribution in [0.4, 0.5) is 0 Å². The van der Waals surface area contributed by atoms with Gasteiger partial charge >= 0.3 is 0 Å². The minimum Gasteiger partial charge on any atom is -0.465 e. The van der Waals surface area contributed by atoms with Crippen molar-refractivity contribution in [2.24, 2.45) is 0 Å². The normalized spacial score (nSPS) is 19.0. The highest BCUT2D eigenvalue weighted by molar-refractivity contribution is 5.84. The summed E-state index contributed by atoms with van der Waals surface area (Å²) in [6, 6.07) is 13.0. The van der Waals surface area contributed by atoms with E-state index in [1.807, 2.05) is 25.4 Å². The summed E-state index contributed by atoms with van der Waals surface area (Å²) in [6.07, 6.45) is 4.58. The Balaban J connectivity index is 1.46. The summed E-state index contributed by atoms with van der Waals surface area (Å²) in [4.78, 5) is 9.17. The van der Waals surface area contributed by atoms with Gasteiger partial charge in [-0.1, -0.05) is 18.2 Å². The maximum atomic E-state index is 9.55. The lowest BCUT2D eigenvalue weighted by Crippen LogP contribution is -2.52. The van der Waals surface area contributed by atoms with E-state index in [0.717, 1.165) is 50.7 Å². The van der Waals surface area contributed by atoms with Gasteiger partial charge in [0.2, 0.25) is 0 Å². The van der Waals surface area contributed by atoms with Crippen LogP contribution in [0, 0.1) is 6.92 Å². The Morgan fingerprint density at radius 1 is 1.15 bits per heavy atom. The number of aromatic nitrogens is 1. The van der Waals surface area contributed by atoms with Gasteiger partial charge in [0, 0.05) is 56.6 Å². The maximum absolute atomic E-state index is 9.55. The summed E-state index contributed by atoms with van der Waals surface area (Å²) in [6.45, 7) is 6.89. The van der Waals surface area contributed by atoms with Gasteiger partial charge in [0.25, 0.3) is 0 Å². The smallest absolute Gasteiger partial charge is 0.118 e. The molecule has 5 nitrogen and oxygen atoms in total. The summed E-state index contributed by atoms with van der Waals surface area (Å²) in [5.41, 5.74) is 1.34. The van der Waals surface area contributed by atoms with E-state index in [0.29, 0.717) is 6.04 Å². The van der Waals surface area contributed by atoms with Crippen LogP contribution >= 0.6 is 0 Å². The molecule has 5 heteroatoms. The van der Waals surface area contributed by atoms with Gasteiger partial charge in [-0.05, 0) is 42.5 Å². The molecule has 2 aromatic heterocycles. The van der Waals surface area contributed by atoms with Crippen LogP contribution < -0.4 is 0 Å². The van der Waals surface area contributed by atoms with Crippen molar-refractivity contribution in [3.8, 4) is 0 Å². The molecule has 0 spiro atoms. The number of benzene rings is 1. The number of hydrogen-bond acceptors (Lipinski definition) is 5. The maximum Gasteiger partial charge on any atom is 0.118 e. The van der Waals surface area contributed by atoms with Crippen LogP contribution in [0.25, 0.3) is 10.8 Å². The molecule has 3 heterocycles. The number of aliphatic hydroxyl groups excluding tert-OH is 1. The molecule has 0 saturated carbocycles. The molecular formula is C22H27N3O2. The largest absolute Gasteiger partial charge is 0.465 e. The summed E-state index contributed by atoms with van der Waals surface area (Å²) >= 11 is 0. The van der Waals surface area contributed by atoms with Gasteiger partial charge in [-0.2, -0.15) is 0 Å². The second-order valence-electron chi connectivity index (χ2n) is 7.40. The van der Waals surface area contributed by atoms with Crippen LogP contribution in [0.3, 0.4) is 0 Å². The predicted octanol–water partition coefficient (Wildman–Crippen LogP) is 3.21. The van der Waals surface area contributed by atoms with E-state index in [4.69, 9.17) is 4.42 Å². The first-order chi connectivity index (χ1) is 13.2. The molecule has 0 amide bonds. The van der Waals surface area contributed by atoms with Gasteiger partial charge < -0.3 is 9.52 Å². The number of hydrogen-bond donors (Lipinski definition) is 1. The van der Waals surface area contributed by atoms with Crippen molar-refractivity contribution in [2.75, 3.05) is 26.2 Å². The Kier molecular flexibility index (Phi) is 5.53. The number of fused-ring (bicyclic) bond motifs is 1. The number of rotatable bonds is 6. The predicted molar refractivity (Wildman–Crippen MR) is 106 cm³/mol. The minimum absolute atomic E-state index is 0.214. The van der Waals surface area contributed by atoms with Crippen molar-refractivity contribution < 1.29 is 9.52 Å². The van der Waals surface area contributed by atoms with Crippen molar-refractivity contribution in [1.82, 2.24) is 14.8 Å². The Morgan fingerprint density at radius 2 is 2.07 bits per heavy atom. The SMILES string of the molecule is Cc1ccc(CN2CCN(Cc3cccc4cnccc34)C[C@H]2CCO)o1. The molecule has 1 N–H and O–H groups in total. The van der Waals surface area contributed by atoms with Crippen LogP contribution in [-0.2, 0) is 13.1 Å². The van der Waals surface area contributed by atoms with E-state index < -0.39 is 0 Å². The third-order valence-corrected chi connectivity index (χ3v) is 5.47. The third kappa shape index (κ3) is 4.21. The van der Waals surface area contributed by atoms with Crippen LogP contribution in [0.5, 0.6) is 0 Å². The molecule has 1 atom stereocenters. The Bertz CT molecular complexity index is 887. The van der Waals surface area contributed by atoms with E-state index in [1.165, 1.54) is 16.3 Å². The molecule has 4 rings (SSSR count). The van der Waals surface area contributed by atoms with Crippen LogP contribution in [-0.4, -0.2) is 52.2 Å². The first-order valence-electron chi connectivity index (χ1n) is 9.67. The average Bonchev–Trinajstić information content (AvgIpc) is 3.09. The molecule has 0 radical (unpaired) electrons. The van der Waals surface area contributed by atoms with Crippen molar-refractivity contribution in [2.45, 2.75) is 32.5 Å². The molecule has 1 aliphatic rings. The van der Waals surface area contributed by atoms with Gasteiger partial charge in [-0.15, -0.1) is 0 Å². The van der Waals surface area contributed by atoms with E-state index in [2.05, 4.69) is 45.1 Å². The Labute approximate surface area is 160 Å². The van der Waals surface area contributed by atoms with Crippen LogP contribution in [0.2, 0.25) is 0 Å². The molecule has 1 saturated heterocycles. The standard InChI is InChI=1S/C22H27N3O2/c1-17-5-6-21(27-17)16-25-11-10-24(15-20(25)8-12-26)14-19-4-2-3-18-13-23-9-7-22(18)19/h2-7,9,13,20,26H,8,10-12,14-16H2,1H3/t20-/m1/s1. The zero-order valence-corrected chi connectivity index (χ0v) is 15.8. The summed E-state index contributed by atoms with van der Waals surface area (Å²) in [7, 11) is 0. The highest BCUT2D eigenvalue weighted by atomic mass is 16.3. The van der Waals surface area contributed by atoms with Gasteiger partial charge in [0.1, 0.15) is 11.5 Å². The lowest BCUT2D eigenvalue weighted by atomic mass is 10.0. The molecule has 3 aromatic rings. The minimum atomic E-state index is 0.214. The monoisotopic (exact) mass is 365 g/mol.